The number of ether oxygens (including phenoxy) is 1. The third-order valence-electron chi connectivity index (χ3n) is 4.61. The van der Waals surface area contributed by atoms with Gasteiger partial charge in [-0.15, -0.1) is 11.3 Å². The predicted octanol–water partition coefficient (Wildman–Crippen LogP) is 3.64. The van der Waals surface area contributed by atoms with E-state index in [-0.39, 0.29) is 6.10 Å². The first-order chi connectivity index (χ1) is 11.3. The maximum absolute atomic E-state index is 5.94. The quantitative estimate of drug-likeness (QED) is 0.795. The van der Waals surface area contributed by atoms with Crippen LogP contribution in [0.2, 0.25) is 0 Å². The van der Waals surface area contributed by atoms with Crippen LogP contribution in [0.25, 0.3) is 10.1 Å². The summed E-state index contributed by atoms with van der Waals surface area (Å²) < 4.78 is 9.36. The van der Waals surface area contributed by atoms with Gasteiger partial charge in [-0.05, 0) is 35.2 Å². The lowest BCUT2D eigenvalue weighted by molar-refractivity contribution is -0.00402. The van der Waals surface area contributed by atoms with Gasteiger partial charge in [0.25, 0.3) is 0 Å². The zero-order chi connectivity index (χ0) is 15.6. The van der Waals surface area contributed by atoms with Gasteiger partial charge in [-0.3, -0.25) is 0 Å². The highest BCUT2D eigenvalue weighted by Gasteiger charge is 2.25. The Morgan fingerprint density at radius 1 is 1.39 bits per heavy atom. The van der Waals surface area contributed by atoms with Gasteiger partial charge in [0, 0.05) is 30.9 Å². The molecule has 4 rings (SSSR count). The molecule has 1 aliphatic rings. The molecule has 1 aliphatic heterocycles. The van der Waals surface area contributed by atoms with Gasteiger partial charge in [0.05, 0.1) is 18.2 Å². The van der Waals surface area contributed by atoms with E-state index < -0.39 is 0 Å². The van der Waals surface area contributed by atoms with Gasteiger partial charge in [0.2, 0.25) is 0 Å². The van der Waals surface area contributed by atoms with E-state index in [1.54, 1.807) is 0 Å². The minimum Gasteiger partial charge on any atom is -0.372 e. The number of nitrogens with one attached hydrogen (secondary N) is 1. The largest absolute Gasteiger partial charge is 0.372 e. The molecule has 0 spiro atoms. The Labute approximate surface area is 140 Å². The molecule has 1 N–H and O–H groups in total. The molecule has 0 radical (unpaired) electrons. The van der Waals surface area contributed by atoms with Crippen LogP contribution in [0.3, 0.4) is 0 Å². The van der Waals surface area contributed by atoms with Crippen LogP contribution in [0, 0.1) is 0 Å². The van der Waals surface area contributed by atoms with Crippen LogP contribution in [0.15, 0.2) is 42.2 Å². The predicted molar refractivity (Wildman–Crippen MR) is 93.6 cm³/mol. The summed E-state index contributed by atoms with van der Waals surface area (Å²) >= 11 is 1.82. The number of rotatable bonds is 4. The number of nitrogens with zero attached hydrogens (tertiary/aromatic N) is 2. The first-order valence-electron chi connectivity index (χ1n) is 8.07. The van der Waals surface area contributed by atoms with E-state index in [1.807, 2.05) is 30.9 Å². The molecular formula is C18H21N3OS. The number of hydrogen-bond donors (Lipinski definition) is 1. The molecule has 3 aromatic rings. The number of imidazole rings is 1. The second kappa shape index (κ2) is 6.43. The second-order valence-corrected chi connectivity index (χ2v) is 7.06. The average Bonchev–Trinajstić information content (AvgIpc) is 3.19. The van der Waals surface area contributed by atoms with Crippen LogP contribution in [0.4, 0.5) is 0 Å². The fourth-order valence-corrected chi connectivity index (χ4v) is 4.25. The molecule has 120 valence electrons. The lowest BCUT2D eigenvalue weighted by Crippen LogP contribution is -2.36. The molecule has 2 aromatic heterocycles. The summed E-state index contributed by atoms with van der Waals surface area (Å²) in [5.74, 6) is 0. The fourth-order valence-electron chi connectivity index (χ4n) is 3.29. The van der Waals surface area contributed by atoms with Crippen molar-refractivity contribution in [3.05, 3.63) is 53.4 Å². The van der Waals surface area contributed by atoms with Crippen molar-refractivity contribution in [3.8, 4) is 0 Å². The summed E-state index contributed by atoms with van der Waals surface area (Å²) in [6.45, 7) is 1.73. The minimum atomic E-state index is 0.146. The Kier molecular flexibility index (Phi) is 4.16. The summed E-state index contributed by atoms with van der Waals surface area (Å²) in [5.41, 5.74) is 2.56. The summed E-state index contributed by atoms with van der Waals surface area (Å²) in [7, 11) is 2.03. The average molecular weight is 327 g/mol. The number of hydrogen-bond acceptors (Lipinski definition) is 4. The van der Waals surface area contributed by atoms with Crippen molar-refractivity contribution in [2.24, 2.45) is 7.05 Å². The van der Waals surface area contributed by atoms with Gasteiger partial charge in [0.1, 0.15) is 6.10 Å². The standard InChI is InChI=1S/C18H21N3OS/c1-21-12-19-10-16(21)17-8-14(6-7-22-17)20-9-13-11-23-18-5-3-2-4-15(13)18/h2-5,10-12,14,17,20H,6-9H2,1H3. The van der Waals surface area contributed by atoms with Crippen LogP contribution in [0.1, 0.15) is 30.2 Å². The summed E-state index contributed by atoms with van der Waals surface area (Å²) in [4.78, 5) is 4.21. The topological polar surface area (TPSA) is 39.1 Å². The van der Waals surface area contributed by atoms with Gasteiger partial charge in [-0.2, -0.15) is 0 Å². The molecule has 23 heavy (non-hydrogen) atoms. The Hall–Kier alpha value is -1.69. The second-order valence-electron chi connectivity index (χ2n) is 6.15. The van der Waals surface area contributed by atoms with Crippen LogP contribution >= 0.6 is 11.3 Å². The third-order valence-corrected chi connectivity index (χ3v) is 5.62. The fraction of sp³-hybridized carbons (Fsp3) is 0.389. The Morgan fingerprint density at radius 3 is 3.17 bits per heavy atom. The van der Waals surface area contributed by atoms with Crippen LogP contribution in [0.5, 0.6) is 0 Å². The normalized spacial score (nSPS) is 21.8. The smallest absolute Gasteiger partial charge is 0.100 e. The van der Waals surface area contributed by atoms with Crippen LogP contribution in [-0.2, 0) is 18.3 Å². The summed E-state index contributed by atoms with van der Waals surface area (Å²) in [5, 5.41) is 7.37. The monoisotopic (exact) mass is 327 g/mol. The highest BCUT2D eigenvalue weighted by molar-refractivity contribution is 7.17. The van der Waals surface area contributed by atoms with Crippen molar-refractivity contribution in [3.63, 3.8) is 0 Å². The highest BCUT2D eigenvalue weighted by atomic mass is 32.1. The molecule has 1 fully saturated rings. The van der Waals surface area contributed by atoms with Gasteiger partial charge in [-0.25, -0.2) is 4.98 Å². The maximum atomic E-state index is 5.94. The number of fused-ring (bicyclic) bond motifs is 1. The number of benzene rings is 1. The van der Waals surface area contributed by atoms with E-state index in [0.717, 1.165) is 31.7 Å². The lowest BCUT2D eigenvalue weighted by atomic mass is 10.0. The van der Waals surface area contributed by atoms with Crippen LogP contribution < -0.4 is 5.32 Å². The maximum Gasteiger partial charge on any atom is 0.100 e. The van der Waals surface area contributed by atoms with E-state index in [2.05, 4.69) is 44.5 Å². The van der Waals surface area contributed by atoms with Gasteiger partial charge < -0.3 is 14.6 Å². The first-order valence-corrected chi connectivity index (χ1v) is 8.95. The van der Waals surface area contributed by atoms with Crippen molar-refractivity contribution in [2.75, 3.05) is 6.61 Å². The van der Waals surface area contributed by atoms with E-state index in [0.29, 0.717) is 6.04 Å². The zero-order valence-corrected chi connectivity index (χ0v) is 14.1. The molecule has 0 amide bonds. The molecular weight excluding hydrogens is 306 g/mol. The first kappa shape index (κ1) is 14.9. The molecule has 1 saturated heterocycles. The molecule has 4 nitrogen and oxygen atoms in total. The number of thiophene rings is 1. The molecule has 5 heteroatoms. The van der Waals surface area contributed by atoms with E-state index in [4.69, 9.17) is 4.74 Å². The molecule has 0 bridgehead atoms. The number of aromatic nitrogens is 2. The highest BCUT2D eigenvalue weighted by Crippen LogP contribution is 2.29. The summed E-state index contributed by atoms with van der Waals surface area (Å²) in [6, 6.07) is 9.11. The lowest BCUT2D eigenvalue weighted by Gasteiger charge is -2.30. The van der Waals surface area contributed by atoms with E-state index in [1.165, 1.54) is 15.6 Å². The van der Waals surface area contributed by atoms with Crippen molar-refractivity contribution in [1.82, 2.24) is 14.9 Å². The van der Waals surface area contributed by atoms with Crippen molar-refractivity contribution in [2.45, 2.75) is 31.5 Å². The van der Waals surface area contributed by atoms with Crippen molar-refractivity contribution < 1.29 is 4.74 Å². The summed E-state index contributed by atoms with van der Waals surface area (Å²) in [6.07, 6.45) is 5.97. The van der Waals surface area contributed by atoms with Crippen LogP contribution in [-0.4, -0.2) is 22.2 Å². The minimum absolute atomic E-state index is 0.146. The molecule has 2 unspecified atom stereocenters. The molecule has 2 atom stereocenters. The zero-order valence-electron chi connectivity index (χ0n) is 13.2. The van der Waals surface area contributed by atoms with Gasteiger partial charge >= 0.3 is 0 Å². The Morgan fingerprint density at radius 2 is 2.30 bits per heavy atom. The van der Waals surface area contributed by atoms with Crippen molar-refractivity contribution in [1.29, 1.82) is 0 Å². The van der Waals surface area contributed by atoms with Crippen molar-refractivity contribution >= 4 is 21.4 Å². The Balaban J connectivity index is 1.42. The van der Waals surface area contributed by atoms with E-state index in [9.17, 15) is 0 Å². The molecule has 3 heterocycles. The third kappa shape index (κ3) is 3.04. The number of aryl methyl sites for hydroxylation is 1. The molecule has 1 aromatic carbocycles. The molecule has 0 saturated carbocycles. The van der Waals surface area contributed by atoms with Gasteiger partial charge in [0.15, 0.2) is 0 Å². The van der Waals surface area contributed by atoms with E-state index >= 15 is 0 Å². The SMILES string of the molecule is Cn1cncc1C1CC(NCc2csc3ccccc23)CCO1. The molecule has 0 aliphatic carbocycles. The Bertz CT molecular complexity index is 794. The van der Waals surface area contributed by atoms with Gasteiger partial charge in [-0.1, -0.05) is 18.2 Å².